The largest absolute Gasteiger partial charge is 0.619 e. The van der Waals surface area contributed by atoms with Crippen LogP contribution in [-0.4, -0.2) is 33.0 Å². The zero-order valence-corrected chi connectivity index (χ0v) is 13.9. The molecule has 5 nitrogen and oxygen atoms in total. The van der Waals surface area contributed by atoms with Crippen molar-refractivity contribution in [1.29, 1.82) is 0 Å². The third kappa shape index (κ3) is 2.88. The van der Waals surface area contributed by atoms with Gasteiger partial charge in [0, 0.05) is 30.3 Å². The number of ketones is 1. The minimum atomic E-state index is -0.683. The second-order valence-electron chi connectivity index (χ2n) is 5.94. The van der Waals surface area contributed by atoms with Crippen LogP contribution in [0.25, 0.3) is 0 Å². The molecule has 1 N–H and O–H groups in total. The Hall–Kier alpha value is -2.37. The van der Waals surface area contributed by atoms with Crippen molar-refractivity contribution >= 4 is 23.6 Å². The molecular formula is C18H17ClN2O3. The van der Waals surface area contributed by atoms with E-state index in [1.807, 2.05) is 6.20 Å². The third-order valence-electron chi connectivity index (χ3n) is 4.38. The number of hydroxylamine groups is 1. The molecule has 3 rings (SSSR count). The molecule has 0 radical (unpaired) electrons. The van der Waals surface area contributed by atoms with Crippen LogP contribution < -0.4 is 0 Å². The number of halogens is 1. The Kier molecular flexibility index (Phi) is 4.30. The number of aliphatic hydroxyl groups is 1. The number of carbonyl (C=O) groups excluding carboxylic acids is 1. The fourth-order valence-corrected chi connectivity index (χ4v) is 2.96. The van der Waals surface area contributed by atoms with E-state index in [9.17, 15) is 15.1 Å². The number of carbonyl (C=O) groups is 1. The predicted molar refractivity (Wildman–Crippen MR) is 92.5 cm³/mol. The summed E-state index contributed by atoms with van der Waals surface area (Å²) in [6.07, 6.45) is 6.74. The summed E-state index contributed by atoms with van der Waals surface area (Å²) in [5, 5.41) is 21.8. The van der Waals surface area contributed by atoms with Crippen molar-refractivity contribution < 1.29 is 14.6 Å². The summed E-state index contributed by atoms with van der Waals surface area (Å²) in [5.74, 6) is -0.122. The maximum Gasteiger partial charge on any atom is 0.209 e. The molecule has 2 heterocycles. The van der Waals surface area contributed by atoms with Crippen LogP contribution in [0.4, 0.5) is 0 Å². The van der Waals surface area contributed by atoms with E-state index in [2.05, 4.69) is 0 Å². The first-order chi connectivity index (χ1) is 11.4. The van der Waals surface area contributed by atoms with E-state index in [-0.39, 0.29) is 12.4 Å². The van der Waals surface area contributed by atoms with Gasteiger partial charge in [-0.2, -0.15) is 4.74 Å². The highest BCUT2D eigenvalue weighted by atomic mass is 35.5. The molecule has 0 saturated carbocycles. The number of aromatic nitrogens is 1. The lowest BCUT2D eigenvalue weighted by Gasteiger charge is -2.26. The Bertz CT molecular complexity index is 836. The Morgan fingerprint density at radius 2 is 2.12 bits per heavy atom. The molecule has 1 aromatic heterocycles. The number of benzene rings is 1. The molecule has 1 aliphatic rings. The first-order valence-corrected chi connectivity index (χ1v) is 7.89. The fraction of sp³-hybridized carbons (Fsp3) is 0.222. The van der Waals surface area contributed by atoms with Gasteiger partial charge in [0.05, 0.1) is 17.7 Å². The fourth-order valence-electron chi connectivity index (χ4n) is 2.83. The van der Waals surface area contributed by atoms with Crippen molar-refractivity contribution in [1.82, 2.24) is 4.57 Å². The summed E-state index contributed by atoms with van der Waals surface area (Å²) in [4.78, 5) is 12.7. The van der Waals surface area contributed by atoms with Gasteiger partial charge in [-0.25, -0.2) is 0 Å². The minimum Gasteiger partial charge on any atom is -0.619 e. The lowest BCUT2D eigenvalue weighted by molar-refractivity contribution is -0.377. The normalized spacial score (nSPS) is 20.0. The van der Waals surface area contributed by atoms with Crippen molar-refractivity contribution in [3.63, 3.8) is 0 Å². The summed E-state index contributed by atoms with van der Waals surface area (Å²) < 4.78 is 2.46. The number of hydrogen-bond acceptors (Lipinski definition) is 3. The van der Waals surface area contributed by atoms with E-state index >= 15 is 0 Å². The van der Waals surface area contributed by atoms with Gasteiger partial charge in [0.1, 0.15) is 0 Å². The monoisotopic (exact) mass is 344 g/mol. The molecule has 0 fully saturated rings. The molecule has 0 spiro atoms. The second kappa shape index (κ2) is 6.26. The summed E-state index contributed by atoms with van der Waals surface area (Å²) >= 11 is 5.86. The molecule has 0 amide bonds. The van der Waals surface area contributed by atoms with Crippen LogP contribution in [-0.2, 0) is 12.5 Å². The first-order valence-electron chi connectivity index (χ1n) is 7.51. The van der Waals surface area contributed by atoms with Crippen LogP contribution in [0, 0.1) is 5.21 Å². The molecule has 1 aliphatic heterocycles. The molecule has 1 aromatic carbocycles. The lowest BCUT2D eigenvalue weighted by atomic mass is 9.79. The summed E-state index contributed by atoms with van der Waals surface area (Å²) in [6.45, 7) is -0.146. The molecule has 24 heavy (non-hydrogen) atoms. The number of nitrogens with zero attached hydrogens (tertiary/aromatic N) is 2. The highest BCUT2D eigenvalue weighted by Gasteiger charge is 2.34. The van der Waals surface area contributed by atoms with E-state index in [1.165, 1.54) is 12.4 Å². The van der Waals surface area contributed by atoms with E-state index in [1.54, 1.807) is 48.0 Å². The van der Waals surface area contributed by atoms with Crippen LogP contribution in [0.5, 0.6) is 0 Å². The number of rotatable bonds is 4. The average Bonchev–Trinajstić information content (AvgIpc) is 2.98. The third-order valence-corrected chi connectivity index (χ3v) is 4.63. The van der Waals surface area contributed by atoms with Crippen molar-refractivity contribution in [3.8, 4) is 0 Å². The number of hydrogen-bond donors (Lipinski definition) is 1. The smallest absolute Gasteiger partial charge is 0.209 e. The van der Waals surface area contributed by atoms with Crippen molar-refractivity contribution in [2.45, 2.75) is 11.8 Å². The van der Waals surface area contributed by atoms with Gasteiger partial charge in [-0.15, -0.1) is 0 Å². The van der Waals surface area contributed by atoms with Gasteiger partial charge >= 0.3 is 0 Å². The summed E-state index contributed by atoms with van der Waals surface area (Å²) in [6, 6.07) is 8.49. The number of aryl methyl sites for hydroxylation is 1. The summed E-state index contributed by atoms with van der Waals surface area (Å²) in [7, 11) is 1.79. The first kappa shape index (κ1) is 16.5. The van der Waals surface area contributed by atoms with Gasteiger partial charge in [-0.3, -0.25) is 4.79 Å². The Morgan fingerprint density at radius 3 is 2.71 bits per heavy atom. The highest BCUT2D eigenvalue weighted by Crippen LogP contribution is 2.32. The zero-order chi connectivity index (χ0) is 17.3. The zero-order valence-electron chi connectivity index (χ0n) is 13.1. The van der Waals surface area contributed by atoms with Gasteiger partial charge in [0.25, 0.3) is 0 Å². The van der Waals surface area contributed by atoms with E-state index < -0.39 is 5.41 Å². The van der Waals surface area contributed by atoms with Gasteiger partial charge in [-0.05, 0) is 42.0 Å². The van der Waals surface area contributed by atoms with E-state index in [0.717, 1.165) is 10.3 Å². The SMILES string of the molecule is Cn1cc(C2(CO)C=C[N+]([O-])=CC2)cc1C(=O)c1ccc(Cl)cc1. The Labute approximate surface area is 144 Å². The van der Waals surface area contributed by atoms with Gasteiger partial charge in [0.2, 0.25) is 5.78 Å². The maximum absolute atomic E-state index is 12.7. The van der Waals surface area contributed by atoms with E-state index in [4.69, 9.17) is 11.6 Å². The molecule has 0 saturated heterocycles. The molecule has 2 aromatic rings. The maximum atomic E-state index is 12.7. The standard InChI is InChI=1S/C18H17ClN2O3/c1-20-11-14(18(12-22)6-8-21(24)9-7-18)10-16(20)17(23)13-2-4-15(19)5-3-13/h2-6,8-11,22H,7,12H2,1H3. The van der Waals surface area contributed by atoms with Crippen LogP contribution >= 0.6 is 11.6 Å². The van der Waals surface area contributed by atoms with Crippen molar-refractivity contribution in [3.05, 3.63) is 75.9 Å². The van der Waals surface area contributed by atoms with Gasteiger partial charge < -0.3 is 14.9 Å². The molecule has 0 aliphatic carbocycles. The van der Waals surface area contributed by atoms with Gasteiger partial charge in [0.15, 0.2) is 12.4 Å². The van der Waals surface area contributed by atoms with Crippen molar-refractivity contribution in [2.75, 3.05) is 6.61 Å². The highest BCUT2D eigenvalue weighted by molar-refractivity contribution is 6.30. The van der Waals surface area contributed by atoms with Crippen LogP contribution in [0.3, 0.4) is 0 Å². The quantitative estimate of drug-likeness (QED) is 0.526. The molecule has 1 unspecified atom stereocenters. The second-order valence-corrected chi connectivity index (χ2v) is 6.37. The van der Waals surface area contributed by atoms with E-state index in [0.29, 0.717) is 22.7 Å². The van der Waals surface area contributed by atoms with Crippen LogP contribution in [0.1, 0.15) is 28.0 Å². The lowest BCUT2D eigenvalue weighted by Crippen LogP contribution is -2.32. The molecule has 0 bridgehead atoms. The average molecular weight is 345 g/mol. The minimum absolute atomic E-state index is 0.122. The van der Waals surface area contributed by atoms with Gasteiger partial charge in [-0.1, -0.05) is 11.6 Å². The molecular weight excluding hydrogens is 328 g/mol. The molecule has 124 valence electrons. The molecule has 6 heteroatoms. The van der Waals surface area contributed by atoms with Crippen molar-refractivity contribution in [2.24, 2.45) is 7.05 Å². The Balaban J connectivity index is 1.97. The topological polar surface area (TPSA) is 68.3 Å². The predicted octanol–water partition coefficient (Wildman–Crippen LogP) is 2.64. The van der Waals surface area contributed by atoms with Crippen LogP contribution in [0.15, 0.2) is 48.8 Å². The summed E-state index contributed by atoms with van der Waals surface area (Å²) in [5.41, 5.74) is 1.17. The number of aliphatic hydroxyl groups excluding tert-OH is 1. The molecule has 1 atom stereocenters. The Morgan fingerprint density at radius 1 is 1.42 bits per heavy atom. The van der Waals surface area contributed by atoms with Crippen LogP contribution in [0.2, 0.25) is 5.02 Å².